The van der Waals surface area contributed by atoms with Crippen LogP contribution in [0.3, 0.4) is 0 Å². The Morgan fingerprint density at radius 1 is 1.19 bits per heavy atom. The molecule has 16 heavy (non-hydrogen) atoms. The third kappa shape index (κ3) is 1.62. The molecule has 1 heterocycles. The van der Waals surface area contributed by atoms with Crippen molar-refractivity contribution in [3.05, 3.63) is 41.5 Å². The lowest BCUT2D eigenvalue weighted by atomic mass is 9.75. The van der Waals surface area contributed by atoms with Crippen LogP contribution < -0.4 is 0 Å². The van der Waals surface area contributed by atoms with E-state index in [0.717, 1.165) is 13.1 Å². The summed E-state index contributed by atoms with van der Waals surface area (Å²) in [4.78, 5) is 0. The van der Waals surface area contributed by atoms with Crippen LogP contribution in [0.25, 0.3) is 6.08 Å². The van der Waals surface area contributed by atoms with Crippen LogP contribution in [-0.2, 0) is 5.41 Å². The lowest BCUT2D eigenvalue weighted by molar-refractivity contribution is 0.294. The van der Waals surface area contributed by atoms with E-state index in [0.29, 0.717) is 5.41 Å². The third-order valence-corrected chi connectivity index (χ3v) is 5.10. The molecule has 1 aromatic carbocycles. The number of benzene rings is 1. The highest BCUT2D eigenvalue weighted by Gasteiger charge is 2.37. The second kappa shape index (κ2) is 4.13. The first-order chi connectivity index (χ1) is 7.84. The molecule has 0 atom stereocenters. The quantitative estimate of drug-likeness (QED) is 0.461. The Bertz CT molecular complexity index is 420. The first kappa shape index (κ1) is 10.8. The van der Waals surface area contributed by atoms with Crippen molar-refractivity contribution in [2.45, 2.75) is 18.3 Å². The predicted octanol–water partition coefficient (Wildman–Crippen LogP) is 3.54. The normalized spacial score (nSPS) is 22.6. The molecular formula is C13H15NS2. The fourth-order valence-corrected chi connectivity index (χ4v) is 3.67. The molecule has 0 saturated carbocycles. The van der Waals surface area contributed by atoms with E-state index >= 15 is 0 Å². The molecule has 0 unspecified atom stereocenters. The van der Waals surface area contributed by atoms with Gasteiger partial charge in [0.1, 0.15) is 0 Å². The molecule has 1 aliphatic heterocycles. The summed E-state index contributed by atoms with van der Waals surface area (Å²) >= 11 is 4.27. The highest BCUT2D eigenvalue weighted by molar-refractivity contribution is 8.67. The summed E-state index contributed by atoms with van der Waals surface area (Å²) in [7, 11) is 1.57. The SMILES string of the molecule is SSN1CCC2(C=Cc3ccccc32)CC1. The number of nitrogens with zero attached hydrogens (tertiary/aromatic N) is 1. The van der Waals surface area contributed by atoms with Crippen LogP contribution >= 0.6 is 22.6 Å². The number of piperidine rings is 1. The zero-order chi connectivity index (χ0) is 11.0. The number of hydrogen-bond donors (Lipinski definition) is 1. The minimum Gasteiger partial charge on any atom is -0.241 e. The van der Waals surface area contributed by atoms with E-state index < -0.39 is 0 Å². The summed E-state index contributed by atoms with van der Waals surface area (Å²) in [6.07, 6.45) is 7.14. The lowest BCUT2D eigenvalue weighted by Gasteiger charge is -2.37. The van der Waals surface area contributed by atoms with E-state index in [2.05, 4.69) is 52.4 Å². The van der Waals surface area contributed by atoms with Crippen molar-refractivity contribution in [2.75, 3.05) is 13.1 Å². The largest absolute Gasteiger partial charge is 0.241 e. The van der Waals surface area contributed by atoms with Crippen LogP contribution in [0.2, 0.25) is 0 Å². The Balaban J connectivity index is 1.90. The standard InChI is InChI=1S/C13H15NS2/c15-16-14-9-7-13(8-10-14)6-5-11-3-1-2-4-12(11)13/h1-6,15H,7-10H2. The van der Waals surface area contributed by atoms with Crippen LogP contribution in [0.5, 0.6) is 0 Å². The van der Waals surface area contributed by atoms with E-state index in [1.165, 1.54) is 24.0 Å². The molecule has 3 rings (SSSR count). The van der Waals surface area contributed by atoms with Gasteiger partial charge in [-0.15, -0.1) is 0 Å². The molecule has 1 aromatic rings. The smallest absolute Gasteiger partial charge is 0.0166 e. The molecule has 2 aliphatic rings. The van der Waals surface area contributed by atoms with E-state index in [1.54, 1.807) is 11.0 Å². The Kier molecular flexibility index (Phi) is 2.78. The minimum atomic E-state index is 0.316. The third-order valence-electron chi connectivity index (χ3n) is 3.81. The van der Waals surface area contributed by atoms with Crippen LogP contribution in [0.15, 0.2) is 30.3 Å². The topological polar surface area (TPSA) is 3.24 Å². The zero-order valence-corrected chi connectivity index (χ0v) is 10.8. The van der Waals surface area contributed by atoms with Crippen molar-refractivity contribution in [1.82, 2.24) is 4.31 Å². The van der Waals surface area contributed by atoms with Gasteiger partial charge in [-0.25, -0.2) is 4.31 Å². The van der Waals surface area contributed by atoms with E-state index in [1.807, 2.05) is 0 Å². The number of fused-ring (bicyclic) bond motifs is 2. The monoisotopic (exact) mass is 249 g/mol. The maximum absolute atomic E-state index is 4.27. The van der Waals surface area contributed by atoms with Crippen molar-refractivity contribution in [2.24, 2.45) is 0 Å². The molecule has 0 amide bonds. The van der Waals surface area contributed by atoms with Crippen molar-refractivity contribution in [3.63, 3.8) is 0 Å². The Hall–Kier alpha value is -0.380. The van der Waals surface area contributed by atoms with Gasteiger partial charge in [0, 0.05) is 18.5 Å². The Morgan fingerprint density at radius 2 is 1.94 bits per heavy atom. The molecule has 3 heteroatoms. The number of thiol groups is 1. The molecule has 1 saturated heterocycles. The molecular weight excluding hydrogens is 234 g/mol. The predicted molar refractivity (Wildman–Crippen MR) is 74.5 cm³/mol. The Labute approximate surface area is 106 Å². The summed E-state index contributed by atoms with van der Waals surface area (Å²) in [5.74, 6) is 0. The van der Waals surface area contributed by atoms with Gasteiger partial charge >= 0.3 is 0 Å². The molecule has 0 radical (unpaired) electrons. The maximum Gasteiger partial charge on any atom is 0.0166 e. The van der Waals surface area contributed by atoms with E-state index in [-0.39, 0.29) is 0 Å². The Morgan fingerprint density at radius 3 is 2.69 bits per heavy atom. The maximum atomic E-state index is 4.27. The van der Waals surface area contributed by atoms with Crippen molar-refractivity contribution < 1.29 is 0 Å². The molecule has 0 N–H and O–H groups in total. The van der Waals surface area contributed by atoms with Gasteiger partial charge in [0.2, 0.25) is 0 Å². The first-order valence-electron chi connectivity index (χ1n) is 5.69. The van der Waals surface area contributed by atoms with Gasteiger partial charge in [-0.1, -0.05) is 48.1 Å². The molecule has 1 fully saturated rings. The summed E-state index contributed by atoms with van der Waals surface area (Å²) in [6, 6.07) is 8.80. The van der Waals surface area contributed by atoms with Gasteiger partial charge in [0.15, 0.2) is 0 Å². The van der Waals surface area contributed by atoms with Crippen molar-refractivity contribution >= 4 is 28.7 Å². The van der Waals surface area contributed by atoms with Crippen molar-refractivity contribution in [3.8, 4) is 0 Å². The van der Waals surface area contributed by atoms with E-state index in [4.69, 9.17) is 0 Å². The zero-order valence-electron chi connectivity index (χ0n) is 9.10. The minimum absolute atomic E-state index is 0.316. The average Bonchev–Trinajstić information content (AvgIpc) is 2.71. The van der Waals surface area contributed by atoms with Crippen molar-refractivity contribution in [1.29, 1.82) is 0 Å². The highest BCUT2D eigenvalue weighted by atomic mass is 33.1. The van der Waals surface area contributed by atoms with Gasteiger partial charge in [-0.3, -0.25) is 0 Å². The van der Waals surface area contributed by atoms with E-state index in [9.17, 15) is 0 Å². The van der Waals surface area contributed by atoms with Gasteiger partial charge in [0.25, 0.3) is 0 Å². The van der Waals surface area contributed by atoms with Crippen LogP contribution in [-0.4, -0.2) is 17.4 Å². The number of rotatable bonds is 1. The van der Waals surface area contributed by atoms with Gasteiger partial charge in [-0.05, 0) is 34.9 Å². The highest BCUT2D eigenvalue weighted by Crippen LogP contribution is 2.44. The van der Waals surface area contributed by atoms with Crippen LogP contribution in [0.1, 0.15) is 24.0 Å². The van der Waals surface area contributed by atoms with Gasteiger partial charge in [0.05, 0.1) is 0 Å². The molecule has 1 nitrogen and oxygen atoms in total. The molecule has 1 aliphatic carbocycles. The summed E-state index contributed by atoms with van der Waals surface area (Å²) in [5, 5.41) is 0. The second-order valence-electron chi connectivity index (χ2n) is 4.59. The second-order valence-corrected chi connectivity index (χ2v) is 5.76. The fraction of sp³-hybridized carbons (Fsp3) is 0.385. The molecule has 84 valence electrons. The molecule has 0 bridgehead atoms. The van der Waals surface area contributed by atoms with Crippen LogP contribution in [0, 0.1) is 0 Å². The summed E-state index contributed by atoms with van der Waals surface area (Å²) in [6.45, 7) is 2.26. The van der Waals surface area contributed by atoms with Gasteiger partial charge in [-0.2, -0.15) is 0 Å². The average molecular weight is 249 g/mol. The number of allylic oxidation sites excluding steroid dienone is 1. The fourth-order valence-electron chi connectivity index (χ4n) is 2.84. The molecule has 1 spiro atoms. The number of hydrogen-bond acceptors (Lipinski definition) is 3. The molecule has 0 aromatic heterocycles. The van der Waals surface area contributed by atoms with Gasteiger partial charge < -0.3 is 0 Å². The summed E-state index contributed by atoms with van der Waals surface area (Å²) in [5.41, 5.74) is 3.25. The summed E-state index contributed by atoms with van der Waals surface area (Å²) < 4.78 is 2.34. The first-order valence-corrected chi connectivity index (χ1v) is 7.52. The lowest BCUT2D eigenvalue weighted by Crippen LogP contribution is -2.37. The van der Waals surface area contributed by atoms with Crippen LogP contribution in [0.4, 0.5) is 0 Å².